The van der Waals surface area contributed by atoms with Crippen molar-refractivity contribution < 1.29 is 5.11 Å². The van der Waals surface area contributed by atoms with E-state index in [1.54, 1.807) is 0 Å². The molecule has 1 atom stereocenters. The van der Waals surface area contributed by atoms with Gasteiger partial charge in [-0.3, -0.25) is 4.90 Å². The molecule has 1 unspecified atom stereocenters. The number of likely N-dealkylation sites (N-methyl/N-ethyl adjacent to an activating group) is 1. The van der Waals surface area contributed by atoms with Crippen LogP contribution >= 0.6 is 11.6 Å². The molecular formula is C10H20ClNO. The third-order valence-electron chi connectivity index (χ3n) is 2.87. The van der Waals surface area contributed by atoms with E-state index in [4.69, 9.17) is 11.6 Å². The maximum absolute atomic E-state index is 9.45. The molecule has 0 aliphatic heterocycles. The lowest BCUT2D eigenvalue weighted by molar-refractivity contribution is 0.105. The van der Waals surface area contributed by atoms with Gasteiger partial charge in [0.05, 0.1) is 6.10 Å². The maximum Gasteiger partial charge on any atom is 0.0802 e. The van der Waals surface area contributed by atoms with E-state index in [1.165, 1.54) is 25.7 Å². The van der Waals surface area contributed by atoms with E-state index in [0.717, 1.165) is 13.1 Å². The normalized spacial score (nSPS) is 21.2. The van der Waals surface area contributed by atoms with Gasteiger partial charge >= 0.3 is 0 Å². The first-order valence-corrected chi connectivity index (χ1v) is 5.79. The zero-order valence-corrected chi connectivity index (χ0v) is 9.13. The van der Waals surface area contributed by atoms with Crippen LogP contribution in [-0.2, 0) is 0 Å². The molecule has 0 aromatic heterocycles. The Morgan fingerprint density at radius 2 is 2.08 bits per heavy atom. The van der Waals surface area contributed by atoms with E-state index in [1.807, 2.05) is 0 Å². The molecule has 0 aromatic carbocycles. The first kappa shape index (κ1) is 11.3. The predicted octanol–water partition coefficient (Wildman–Crippen LogP) is 1.85. The lowest BCUT2D eigenvalue weighted by atomic mass is 10.2. The van der Waals surface area contributed by atoms with Gasteiger partial charge in [-0.05, 0) is 19.4 Å². The van der Waals surface area contributed by atoms with Crippen molar-refractivity contribution in [3.63, 3.8) is 0 Å². The third-order valence-corrected chi connectivity index (χ3v) is 3.23. The zero-order chi connectivity index (χ0) is 9.68. The maximum atomic E-state index is 9.45. The van der Waals surface area contributed by atoms with Gasteiger partial charge in [0.15, 0.2) is 0 Å². The van der Waals surface area contributed by atoms with Gasteiger partial charge in [0.2, 0.25) is 0 Å². The van der Waals surface area contributed by atoms with Crippen molar-refractivity contribution >= 4 is 11.6 Å². The summed E-state index contributed by atoms with van der Waals surface area (Å²) in [7, 11) is 0. The number of aliphatic hydroxyl groups is 1. The molecule has 3 heteroatoms. The number of nitrogens with zero attached hydrogens (tertiary/aromatic N) is 1. The summed E-state index contributed by atoms with van der Waals surface area (Å²) >= 11 is 5.58. The number of alkyl halides is 1. The lowest BCUT2D eigenvalue weighted by Crippen LogP contribution is -2.39. The Morgan fingerprint density at radius 1 is 1.46 bits per heavy atom. The van der Waals surface area contributed by atoms with E-state index < -0.39 is 0 Å². The zero-order valence-electron chi connectivity index (χ0n) is 8.38. The molecule has 2 nitrogen and oxygen atoms in total. The Bertz CT molecular complexity index is 137. The van der Waals surface area contributed by atoms with Crippen molar-refractivity contribution in [3.05, 3.63) is 0 Å². The molecule has 0 spiro atoms. The van der Waals surface area contributed by atoms with Crippen molar-refractivity contribution in [3.8, 4) is 0 Å². The van der Waals surface area contributed by atoms with Gasteiger partial charge in [-0.2, -0.15) is 0 Å². The molecule has 0 aromatic rings. The summed E-state index contributed by atoms with van der Waals surface area (Å²) in [6, 6.07) is 0.697. The minimum absolute atomic E-state index is 0.350. The van der Waals surface area contributed by atoms with E-state index in [2.05, 4.69) is 11.8 Å². The molecule has 1 saturated carbocycles. The fourth-order valence-electron chi connectivity index (χ4n) is 2.13. The second-order valence-corrected chi connectivity index (χ2v) is 4.14. The van der Waals surface area contributed by atoms with Crippen LogP contribution in [0.25, 0.3) is 0 Å². The standard InChI is InChI=1S/C10H20ClNO/c1-2-12(8-10(13)7-11)9-5-3-4-6-9/h9-10,13H,2-8H2,1H3. The molecular weight excluding hydrogens is 186 g/mol. The molecule has 0 bridgehead atoms. The minimum Gasteiger partial charge on any atom is -0.391 e. The molecule has 0 heterocycles. The second-order valence-electron chi connectivity index (χ2n) is 3.83. The Balaban J connectivity index is 2.32. The average molecular weight is 206 g/mol. The Labute approximate surface area is 85.9 Å². The van der Waals surface area contributed by atoms with E-state index >= 15 is 0 Å². The topological polar surface area (TPSA) is 23.5 Å². The number of aliphatic hydroxyl groups excluding tert-OH is 1. The summed E-state index contributed by atoms with van der Waals surface area (Å²) < 4.78 is 0. The van der Waals surface area contributed by atoms with Crippen molar-refractivity contribution in [2.24, 2.45) is 0 Å². The highest BCUT2D eigenvalue weighted by Crippen LogP contribution is 2.23. The number of rotatable bonds is 5. The molecule has 0 saturated heterocycles. The second kappa shape index (κ2) is 5.84. The van der Waals surface area contributed by atoms with E-state index in [9.17, 15) is 5.11 Å². The van der Waals surface area contributed by atoms with Crippen LogP contribution in [0.3, 0.4) is 0 Å². The van der Waals surface area contributed by atoms with Gasteiger partial charge in [-0.1, -0.05) is 19.8 Å². The average Bonchev–Trinajstić information content (AvgIpc) is 2.66. The van der Waals surface area contributed by atoms with Crippen LogP contribution in [0.2, 0.25) is 0 Å². The van der Waals surface area contributed by atoms with Crippen LogP contribution in [0.4, 0.5) is 0 Å². The summed E-state index contributed by atoms with van der Waals surface area (Å²) in [6.45, 7) is 3.92. The predicted molar refractivity (Wildman–Crippen MR) is 56.2 cm³/mol. The molecule has 0 amide bonds. The molecule has 1 fully saturated rings. The van der Waals surface area contributed by atoms with E-state index in [0.29, 0.717) is 11.9 Å². The van der Waals surface area contributed by atoms with Gasteiger partial charge in [0.25, 0.3) is 0 Å². The largest absolute Gasteiger partial charge is 0.391 e. The van der Waals surface area contributed by atoms with Crippen LogP contribution in [0.15, 0.2) is 0 Å². The summed E-state index contributed by atoms with van der Waals surface area (Å²) in [5.41, 5.74) is 0. The molecule has 1 rings (SSSR count). The summed E-state index contributed by atoms with van der Waals surface area (Å²) in [5.74, 6) is 0.350. The SMILES string of the molecule is CCN(CC(O)CCl)C1CCCC1. The number of hydrogen-bond acceptors (Lipinski definition) is 2. The van der Waals surface area contributed by atoms with Crippen LogP contribution in [0.1, 0.15) is 32.6 Å². The van der Waals surface area contributed by atoms with Gasteiger partial charge in [0.1, 0.15) is 0 Å². The highest BCUT2D eigenvalue weighted by atomic mass is 35.5. The quantitative estimate of drug-likeness (QED) is 0.693. The van der Waals surface area contributed by atoms with Crippen LogP contribution in [0.5, 0.6) is 0 Å². The lowest BCUT2D eigenvalue weighted by Gasteiger charge is -2.28. The van der Waals surface area contributed by atoms with Crippen LogP contribution in [0, 0.1) is 0 Å². The van der Waals surface area contributed by atoms with E-state index in [-0.39, 0.29) is 6.10 Å². The number of halogens is 1. The number of hydrogen-bond donors (Lipinski definition) is 1. The first-order valence-electron chi connectivity index (χ1n) is 5.26. The van der Waals surface area contributed by atoms with Gasteiger partial charge in [-0.25, -0.2) is 0 Å². The highest BCUT2D eigenvalue weighted by molar-refractivity contribution is 6.18. The van der Waals surface area contributed by atoms with Gasteiger partial charge in [-0.15, -0.1) is 11.6 Å². The first-order chi connectivity index (χ1) is 6.27. The Hall–Kier alpha value is 0.210. The third kappa shape index (κ3) is 3.45. The summed E-state index contributed by atoms with van der Waals surface area (Å²) in [4.78, 5) is 2.36. The van der Waals surface area contributed by atoms with Crippen molar-refractivity contribution in [2.75, 3.05) is 19.0 Å². The van der Waals surface area contributed by atoms with Gasteiger partial charge < -0.3 is 5.11 Å². The Kier molecular flexibility index (Phi) is 5.07. The minimum atomic E-state index is -0.359. The highest BCUT2D eigenvalue weighted by Gasteiger charge is 2.22. The monoisotopic (exact) mass is 205 g/mol. The molecule has 13 heavy (non-hydrogen) atoms. The van der Waals surface area contributed by atoms with Gasteiger partial charge in [0, 0.05) is 18.5 Å². The van der Waals surface area contributed by atoms with Crippen LogP contribution < -0.4 is 0 Å². The van der Waals surface area contributed by atoms with Crippen molar-refractivity contribution in [1.29, 1.82) is 0 Å². The fourth-order valence-corrected chi connectivity index (χ4v) is 2.22. The Morgan fingerprint density at radius 3 is 2.54 bits per heavy atom. The molecule has 0 radical (unpaired) electrons. The fraction of sp³-hybridized carbons (Fsp3) is 1.00. The molecule has 1 aliphatic rings. The molecule has 1 N–H and O–H groups in total. The molecule has 78 valence electrons. The van der Waals surface area contributed by atoms with Crippen molar-refractivity contribution in [2.45, 2.75) is 44.8 Å². The molecule has 1 aliphatic carbocycles. The van der Waals surface area contributed by atoms with Crippen molar-refractivity contribution in [1.82, 2.24) is 4.90 Å². The smallest absolute Gasteiger partial charge is 0.0802 e. The summed E-state index contributed by atoms with van der Waals surface area (Å²) in [5, 5.41) is 9.45. The summed E-state index contributed by atoms with van der Waals surface area (Å²) in [6.07, 6.45) is 4.92. The van der Waals surface area contributed by atoms with Crippen LogP contribution in [-0.4, -0.2) is 41.1 Å².